The van der Waals surface area contributed by atoms with Gasteiger partial charge in [-0.2, -0.15) is 13.5 Å². The molecule has 0 saturated carbocycles. The van der Waals surface area contributed by atoms with Crippen molar-refractivity contribution in [2.24, 2.45) is 0 Å². The van der Waals surface area contributed by atoms with Crippen molar-refractivity contribution in [2.75, 3.05) is 19.8 Å². The zero-order chi connectivity index (χ0) is 17.3. The predicted octanol–water partition coefficient (Wildman–Crippen LogP) is -1.21. The highest BCUT2D eigenvalue weighted by Crippen LogP contribution is 2.30. The van der Waals surface area contributed by atoms with E-state index in [2.05, 4.69) is 15.1 Å². The fourth-order valence-electron chi connectivity index (χ4n) is 3.20. The fraction of sp³-hybridized carbons (Fsp3) is 0.833. The van der Waals surface area contributed by atoms with E-state index >= 15 is 0 Å². The molecule has 0 aromatic heterocycles. The summed E-state index contributed by atoms with van der Waals surface area (Å²) in [5.74, 6) is -0.359. The van der Waals surface area contributed by atoms with Gasteiger partial charge in [0.05, 0.1) is 6.04 Å². The molecule has 0 aromatic rings. The Morgan fingerprint density at radius 1 is 1.25 bits per heavy atom. The van der Waals surface area contributed by atoms with Gasteiger partial charge in [0, 0.05) is 25.8 Å². The van der Waals surface area contributed by atoms with Crippen molar-refractivity contribution in [3.05, 3.63) is 0 Å². The second-order valence-electron chi connectivity index (χ2n) is 6.03. The highest BCUT2D eigenvalue weighted by Gasteiger charge is 2.49. The number of carbonyl (C=O) groups excluding carboxylic acids is 2. The fourth-order valence-corrected chi connectivity index (χ4v) is 3.59. The summed E-state index contributed by atoms with van der Waals surface area (Å²) in [5, 5.41) is 0.620. The molecule has 3 N–H and O–H groups in total. The molecule has 3 rings (SSSR count). The molecule has 2 atom stereocenters. The smallest absolute Gasteiger partial charge is 0.381 e. The van der Waals surface area contributed by atoms with E-state index in [1.165, 1.54) is 4.90 Å². The number of urea groups is 1. The molecule has 11 nitrogen and oxygen atoms in total. The number of hydrazine groups is 1. The molecular formula is C12H20N4O7S. The van der Waals surface area contributed by atoms with Crippen LogP contribution in [0.15, 0.2) is 0 Å². The Labute approximate surface area is 139 Å². The normalized spacial score (nSPS) is 28.3. The Morgan fingerprint density at radius 3 is 2.62 bits per heavy atom. The molecule has 0 radical (unpaired) electrons. The largest absolute Gasteiger partial charge is 0.418 e. The van der Waals surface area contributed by atoms with E-state index in [9.17, 15) is 18.0 Å². The van der Waals surface area contributed by atoms with Crippen LogP contribution in [0.3, 0.4) is 0 Å². The monoisotopic (exact) mass is 364 g/mol. The van der Waals surface area contributed by atoms with Gasteiger partial charge in [0.25, 0.3) is 5.91 Å². The Balaban J connectivity index is 1.58. The van der Waals surface area contributed by atoms with Crippen LogP contribution in [0, 0.1) is 0 Å². The van der Waals surface area contributed by atoms with E-state index in [0.717, 1.165) is 12.8 Å². The number of fused-ring (bicyclic) bond motifs is 2. The maximum atomic E-state index is 12.3. The van der Waals surface area contributed by atoms with Gasteiger partial charge in [0.1, 0.15) is 6.04 Å². The summed E-state index contributed by atoms with van der Waals surface area (Å²) in [6, 6.07) is -1.85. The first-order valence-corrected chi connectivity index (χ1v) is 9.11. The number of nitrogens with one attached hydrogen (secondary N) is 2. The molecule has 3 saturated heterocycles. The molecule has 0 aliphatic carbocycles. The summed E-state index contributed by atoms with van der Waals surface area (Å²) in [5.41, 5.74) is 5.57. The molecule has 3 aliphatic rings. The number of ether oxygens (including phenoxy) is 1. The lowest BCUT2D eigenvalue weighted by Gasteiger charge is -2.30. The second kappa shape index (κ2) is 6.80. The third-order valence-electron chi connectivity index (χ3n) is 4.42. The Kier molecular flexibility index (Phi) is 4.92. The minimum Gasteiger partial charge on any atom is -0.381 e. The number of hydroxylamine groups is 2. The first-order valence-electron chi connectivity index (χ1n) is 7.75. The SMILES string of the molecule is O=C(NNC1CCOCC1)[C@@H]1CC[C@@H]2CN1C(=O)N2OS(=O)(=O)O. The standard InChI is InChI=1S/C12H20N4O7S/c17-11(14-13-8-3-5-22-6-4-8)10-2-1-9-7-15(10)12(18)16(9)23-24(19,20)21/h8-10,13H,1-7H2,(H,14,17)(H,19,20,21)/t9-,10+/m1/s1. The first kappa shape index (κ1) is 17.4. The Bertz CT molecular complexity index is 607. The minimum absolute atomic E-state index is 0.118. The van der Waals surface area contributed by atoms with Crippen LogP contribution in [-0.2, 0) is 24.2 Å². The summed E-state index contributed by atoms with van der Waals surface area (Å²) >= 11 is 0. The van der Waals surface area contributed by atoms with Crippen molar-refractivity contribution in [3.8, 4) is 0 Å². The maximum absolute atomic E-state index is 12.3. The van der Waals surface area contributed by atoms with Gasteiger partial charge >= 0.3 is 16.4 Å². The van der Waals surface area contributed by atoms with Gasteiger partial charge < -0.3 is 9.64 Å². The summed E-state index contributed by atoms with van der Waals surface area (Å²) < 4.78 is 40.0. The number of nitrogens with zero attached hydrogens (tertiary/aromatic N) is 2. The Morgan fingerprint density at radius 2 is 1.96 bits per heavy atom. The van der Waals surface area contributed by atoms with E-state index < -0.39 is 28.5 Å². The van der Waals surface area contributed by atoms with Crippen molar-refractivity contribution < 1.29 is 31.6 Å². The van der Waals surface area contributed by atoms with Crippen LogP contribution in [0.1, 0.15) is 25.7 Å². The molecule has 0 unspecified atom stereocenters. The predicted molar refractivity (Wildman–Crippen MR) is 78.5 cm³/mol. The van der Waals surface area contributed by atoms with Gasteiger partial charge in [0.2, 0.25) is 0 Å². The quantitative estimate of drug-likeness (QED) is 0.408. The Hall–Kier alpha value is -1.47. The van der Waals surface area contributed by atoms with E-state index in [-0.39, 0.29) is 18.5 Å². The van der Waals surface area contributed by atoms with Gasteiger partial charge in [-0.1, -0.05) is 0 Å². The number of piperidine rings is 1. The zero-order valence-electron chi connectivity index (χ0n) is 12.9. The molecule has 136 valence electrons. The van der Waals surface area contributed by atoms with Crippen LogP contribution in [0.25, 0.3) is 0 Å². The van der Waals surface area contributed by atoms with Crippen LogP contribution in [0.2, 0.25) is 0 Å². The topological polar surface area (TPSA) is 138 Å². The first-order chi connectivity index (χ1) is 11.3. The minimum atomic E-state index is -4.79. The van der Waals surface area contributed by atoms with Crippen LogP contribution in [0.4, 0.5) is 4.79 Å². The summed E-state index contributed by atoms with van der Waals surface area (Å²) in [7, 11) is -4.79. The number of amides is 3. The van der Waals surface area contributed by atoms with Crippen molar-refractivity contribution in [1.29, 1.82) is 0 Å². The van der Waals surface area contributed by atoms with Gasteiger partial charge in [-0.25, -0.2) is 10.2 Å². The summed E-state index contributed by atoms with van der Waals surface area (Å²) in [4.78, 5) is 25.8. The number of rotatable bonds is 5. The number of hydrogen-bond acceptors (Lipinski definition) is 7. The molecule has 3 heterocycles. The third-order valence-corrected chi connectivity index (χ3v) is 4.77. The molecule has 3 aliphatic heterocycles. The lowest BCUT2D eigenvalue weighted by atomic mass is 10.0. The van der Waals surface area contributed by atoms with Crippen LogP contribution < -0.4 is 10.9 Å². The van der Waals surface area contributed by atoms with E-state index in [1.807, 2.05) is 0 Å². The molecule has 3 fully saturated rings. The maximum Gasteiger partial charge on any atom is 0.418 e. The van der Waals surface area contributed by atoms with Gasteiger partial charge in [-0.3, -0.25) is 14.8 Å². The molecule has 2 bridgehead atoms. The van der Waals surface area contributed by atoms with Crippen molar-refractivity contribution in [1.82, 2.24) is 20.8 Å². The summed E-state index contributed by atoms with van der Waals surface area (Å²) in [6.07, 6.45) is 2.34. The number of hydrogen-bond donors (Lipinski definition) is 3. The van der Waals surface area contributed by atoms with Crippen LogP contribution in [-0.4, -0.2) is 72.8 Å². The van der Waals surface area contributed by atoms with Gasteiger partial charge in [-0.05, 0) is 25.7 Å². The highest BCUT2D eigenvalue weighted by atomic mass is 32.3. The van der Waals surface area contributed by atoms with Crippen LogP contribution >= 0.6 is 0 Å². The summed E-state index contributed by atoms with van der Waals surface area (Å²) in [6.45, 7) is 1.43. The van der Waals surface area contributed by atoms with Gasteiger partial charge in [-0.15, -0.1) is 4.28 Å². The van der Waals surface area contributed by atoms with Crippen molar-refractivity contribution in [3.63, 3.8) is 0 Å². The molecular weight excluding hydrogens is 344 g/mol. The van der Waals surface area contributed by atoms with Crippen molar-refractivity contribution in [2.45, 2.75) is 43.8 Å². The molecule has 0 spiro atoms. The third kappa shape index (κ3) is 3.78. The second-order valence-corrected chi connectivity index (χ2v) is 7.03. The van der Waals surface area contributed by atoms with Gasteiger partial charge in [0.15, 0.2) is 0 Å². The van der Waals surface area contributed by atoms with E-state index in [4.69, 9.17) is 9.29 Å². The lowest BCUT2D eigenvalue weighted by Crippen LogP contribution is -2.55. The molecule has 24 heavy (non-hydrogen) atoms. The van der Waals surface area contributed by atoms with Crippen LogP contribution in [0.5, 0.6) is 0 Å². The number of carbonyl (C=O) groups is 2. The average molecular weight is 364 g/mol. The lowest BCUT2D eigenvalue weighted by molar-refractivity contribution is -0.127. The molecule has 12 heteroatoms. The average Bonchev–Trinajstić information content (AvgIpc) is 2.77. The van der Waals surface area contributed by atoms with E-state index in [0.29, 0.717) is 31.1 Å². The highest BCUT2D eigenvalue weighted by molar-refractivity contribution is 7.80. The van der Waals surface area contributed by atoms with Crippen molar-refractivity contribution >= 4 is 22.3 Å². The van der Waals surface area contributed by atoms with E-state index in [1.54, 1.807) is 0 Å². The molecule has 3 amide bonds. The zero-order valence-corrected chi connectivity index (χ0v) is 13.7. The molecule has 0 aromatic carbocycles.